The van der Waals surface area contributed by atoms with Gasteiger partial charge >= 0.3 is 0 Å². The molecular formula is C14H20N2O2. The SMILES string of the molecule is COc1cccc([C@H](C)NC(=O)[C@H]2CCCN2)c1. The molecule has 1 aliphatic rings. The molecule has 1 aliphatic heterocycles. The van der Waals surface area contributed by atoms with E-state index in [1.54, 1.807) is 7.11 Å². The Morgan fingerprint density at radius 1 is 1.56 bits per heavy atom. The molecule has 18 heavy (non-hydrogen) atoms. The van der Waals surface area contributed by atoms with Crippen LogP contribution < -0.4 is 15.4 Å². The molecule has 4 nitrogen and oxygen atoms in total. The zero-order valence-electron chi connectivity index (χ0n) is 10.9. The van der Waals surface area contributed by atoms with Gasteiger partial charge in [-0.3, -0.25) is 4.79 Å². The standard InChI is InChI=1S/C14H20N2O2/c1-10(11-5-3-6-12(9-11)18-2)16-14(17)13-7-4-8-15-13/h3,5-6,9-10,13,15H,4,7-8H2,1-2H3,(H,16,17)/t10-,13+/m0/s1. The van der Waals surface area contributed by atoms with Gasteiger partial charge in [0.15, 0.2) is 0 Å². The van der Waals surface area contributed by atoms with Crippen molar-refractivity contribution in [2.75, 3.05) is 13.7 Å². The molecule has 1 aromatic carbocycles. The molecule has 0 bridgehead atoms. The predicted octanol–water partition coefficient (Wildman–Crippen LogP) is 1.62. The van der Waals surface area contributed by atoms with Crippen LogP contribution in [0.15, 0.2) is 24.3 Å². The van der Waals surface area contributed by atoms with Crippen LogP contribution in [0.3, 0.4) is 0 Å². The number of benzene rings is 1. The van der Waals surface area contributed by atoms with Gasteiger partial charge in [-0.15, -0.1) is 0 Å². The van der Waals surface area contributed by atoms with Gasteiger partial charge in [-0.2, -0.15) is 0 Å². The summed E-state index contributed by atoms with van der Waals surface area (Å²) in [5, 5.41) is 6.23. The molecule has 0 aliphatic carbocycles. The Morgan fingerprint density at radius 3 is 3.06 bits per heavy atom. The summed E-state index contributed by atoms with van der Waals surface area (Å²) in [5.74, 6) is 0.899. The third-order valence-electron chi connectivity index (χ3n) is 3.33. The van der Waals surface area contributed by atoms with Crippen molar-refractivity contribution in [3.63, 3.8) is 0 Å². The maximum absolute atomic E-state index is 12.0. The lowest BCUT2D eigenvalue weighted by Crippen LogP contribution is -2.41. The highest BCUT2D eigenvalue weighted by molar-refractivity contribution is 5.82. The van der Waals surface area contributed by atoms with Crippen molar-refractivity contribution in [1.82, 2.24) is 10.6 Å². The van der Waals surface area contributed by atoms with Crippen LogP contribution in [0.2, 0.25) is 0 Å². The lowest BCUT2D eigenvalue weighted by Gasteiger charge is -2.18. The number of amides is 1. The van der Waals surface area contributed by atoms with E-state index in [9.17, 15) is 4.79 Å². The van der Waals surface area contributed by atoms with Crippen molar-refractivity contribution in [2.45, 2.75) is 31.8 Å². The first-order valence-electron chi connectivity index (χ1n) is 6.38. The van der Waals surface area contributed by atoms with E-state index in [1.807, 2.05) is 31.2 Å². The lowest BCUT2D eigenvalue weighted by atomic mass is 10.1. The van der Waals surface area contributed by atoms with Crippen molar-refractivity contribution < 1.29 is 9.53 Å². The highest BCUT2D eigenvalue weighted by Crippen LogP contribution is 2.19. The van der Waals surface area contributed by atoms with Gasteiger partial charge in [-0.1, -0.05) is 12.1 Å². The number of methoxy groups -OCH3 is 1. The van der Waals surface area contributed by atoms with Crippen molar-refractivity contribution in [3.05, 3.63) is 29.8 Å². The van der Waals surface area contributed by atoms with Crippen LogP contribution in [0.4, 0.5) is 0 Å². The highest BCUT2D eigenvalue weighted by atomic mass is 16.5. The second kappa shape index (κ2) is 5.87. The summed E-state index contributed by atoms with van der Waals surface area (Å²) >= 11 is 0. The van der Waals surface area contributed by atoms with Crippen LogP contribution in [0.1, 0.15) is 31.4 Å². The maximum atomic E-state index is 12.0. The first-order chi connectivity index (χ1) is 8.70. The normalized spacial score (nSPS) is 20.4. The van der Waals surface area contributed by atoms with E-state index in [0.717, 1.165) is 30.7 Å². The molecule has 1 fully saturated rings. The number of nitrogens with one attached hydrogen (secondary N) is 2. The summed E-state index contributed by atoms with van der Waals surface area (Å²) in [6.45, 7) is 2.92. The molecule has 0 unspecified atom stereocenters. The summed E-state index contributed by atoms with van der Waals surface area (Å²) in [4.78, 5) is 12.0. The van der Waals surface area contributed by atoms with Crippen LogP contribution in [-0.4, -0.2) is 25.6 Å². The molecule has 1 heterocycles. The number of hydrogen-bond acceptors (Lipinski definition) is 3. The number of hydrogen-bond donors (Lipinski definition) is 2. The Bertz CT molecular complexity index is 414. The third-order valence-corrected chi connectivity index (χ3v) is 3.33. The average molecular weight is 248 g/mol. The fourth-order valence-electron chi connectivity index (χ4n) is 2.22. The van der Waals surface area contributed by atoms with E-state index in [1.165, 1.54) is 0 Å². The number of ether oxygens (including phenoxy) is 1. The minimum Gasteiger partial charge on any atom is -0.497 e. The molecule has 0 aromatic heterocycles. The molecule has 0 saturated carbocycles. The van der Waals surface area contributed by atoms with Gasteiger partial charge in [0.25, 0.3) is 0 Å². The van der Waals surface area contributed by atoms with E-state index in [0.29, 0.717) is 0 Å². The predicted molar refractivity (Wildman–Crippen MR) is 70.6 cm³/mol. The van der Waals surface area contributed by atoms with Gasteiger partial charge in [0.2, 0.25) is 5.91 Å². The second-order valence-corrected chi connectivity index (χ2v) is 4.66. The topological polar surface area (TPSA) is 50.4 Å². The average Bonchev–Trinajstić information content (AvgIpc) is 2.92. The molecule has 2 N–H and O–H groups in total. The quantitative estimate of drug-likeness (QED) is 0.851. The van der Waals surface area contributed by atoms with E-state index < -0.39 is 0 Å². The molecule has 98 valence electrons. The zero-order valence-corrected chi connectivity index (χ0v) is 10.9. The molecule has 1 saturated heterocycles. The number of carbonyl (C=O) groups is 1. The van der Waals surface area contributed by atoms with Crippen LogP contribution in [-0.2, 0) is 4.79 Å². The highest BCUT2D eigenvalue weighted by Gasteiger charge is 2.23. The molecule has 4 heteroatoms. The summed E-state index contributed by atoms with van der Waals surface area (Å²) in [5.41, 5.74) is 1.06. The summed E-state index contributed by atoms with van der Waals surface area (Å²) in [6, 6.07) is 7.75. The van der Waals surface area contributed by atoms with Crippen LogP contribution >= 0.6 is 0 Å². The zero-order chi connectivity index (χ0) is 13.0. The van der Waals surface area contributed by atoms with E-state index in [4.69, 9.17) is 4.74 Å². The Kier molecular flexibility index (Phi) is 4.20. The lowest BCUT2D eigenvalue weighted by molar-refractivity contribution is -0.123. The molecular weight excluding hydrogens is 228 g/mol. The molecule has 0 spiro atoms. The van der Waals surface area contributed by atoms with Crippen molar-refractivity contribution in [3.8, 4) is 5.75 Å². The van der Waals surface area contributed by atoms with E-state index >= 15 is 0 Å². The fraction of sp³-hybridized carbons (Fsp3) is 0.500. The Morgan fingerprint density at radius 2 is 2.39 bits per heavy atom. The molecule has 1 aromatic rings. The Hall–Kier alpha value is -1.55. The van der Waals surface area contributed by atoms with Gasteiger partial charge < -0.3 is 15.4 Å². The first kappa shape index (κ1) is 12.9. The van der Waals surface area contributed by atoms with Gasteiger partial charge in [-0.05, 0) is 44.0 Å². The van der Waals surface area contributed by atoms with E-state index in [2.05, 4.69) is 10.6 Å². The Labute approximate surface area is 108 Å². The van der Waals surface area contributed by atoms with Crippen LogP contribution in [0.25, 0.3) is 0 Å². The summed E-state index contributed by atoms with van der Waals surface area (Å²) < 4.78 is 5.18. The van der Waals surface area contributed by atoms with Gasteiger partial charge in [0.05, 0.1) is 19.2 Å². The molecule has 1 amide bonds. The summed E-state index contributed by atoms with van der Waals surface area (Å²) in [6.07, 6.45) is 2.00. The van der Waals surface area contributed by atoms with Crippen LogP contribution in [0.5, 0.6) is 5.75 Å². The van der Waals surface area contributed by atoms with Crippen molar-refractivity contribution >= 4 is 5.91 Å². The van der Waals surface area contributed by atoms with Crippen molar-refractivity contribution in [1.29, 1.82) is 0 Å². The van der Waals surface area contributed by atoms with Gasteiger partial charge in [0.1, 0.15) is 5.75 Å². The molecule has 2 atom stereocenters. The van der Waals surface area contributed by atoms with Crippen molar-refractivity contribution in [2.24, 2.45) is 0 Å². The number of carbonyl (C=O) groups excluding carboxylic acids is 1. The van der Waals surface area contributed by atoms with Crippen LogP contribution in [0, 0.1) is 0 Å². The van der Waals surface area contributed by atoms with Gasteiger partial charge in [-0.25, -0.2) is 0 Å². The minimum absolute atomic E-state index is 0.00463. The largest absolute Gasteiger partial charge is 0.497 e. The minimum atomic E-state index is -0.0296. The first-order valence-corrected chi connectivity index (χ1v) is 6.38. The monoisotopic (exact) mass is 248 g/mol. The van der Waals surface area contributed by atoms with Gasteiger partial charge in [0, 0.05) is 0 Å². The second-order valence-electron chi connectivity index (χ2n) is 4.66. The smallest absolute Gasteiger partial charge is 0.237 e. The maximum Gasteiger partial charge on any atom is 0.237 e. The molecule has 0 radical (unpaired) electrons. The number of rotatable bonds is 4. The third kappa shape index (κ3) is 3.01. The molecule has 2 rings (SSSR count). The summed E-state index contributed by atoms with van der Waals surface area (Å²) in [7, 11) is 1.64. The fourth-order valence-corrected chi connectivity index (χ4v) is 2.22. The Balaban J connectivity index is 1.97. The van der Waals surface area contributed by atoms with E-state index in [-0.39, 0.29) is 18.0 Å².